The molecule has 0 aliphatic heterocycles. The number of anilines is 1. The summed E-state index contributed by atoms with van der Waals surface area (Å²) in [6, 6.07) is 12.1. The van der Waals surface area contributed by atoms with Crippen molar-refractivity contribution in [1.82, 2.24) is 15.0 Å². The van der Waals surface area contributed by atoms with Gasteiger partial charge in [-0.1, -0.05) is 23.4 Å². The molecule has 0 spiro atoms. The topological polar surface area (TPSA) is 59.8 Å². The molecule has 1 N–H and O–H groups in total. The van der Waals surface area contributed by atoms with Crippen molar-refractivity contribution in [2.45, 2.75) is 25.6 Å². The molecule has 26 heavy (non-hydrogen) atoms. The monoisotopic (exact) mass is 426 g/mol. The van der Waals surface area contributed by atoms with Gasteiger partial charge < -0.3 is 5.32 Å². The van der Waals surface area contributed by atoms with E-state index in [1.54, 1.807) is 36.4 Å². The zero-order valence-electron chi connectivity index (χ0n) is 13.4. The van der Waals surface area contributed by atoms with E-state index in [0.29, 0.717) is 26.8 Å². The fraction of sp³-hybridized carbons (Fsp3) is 0.235. The van der Waals surface area contributed by atoms with Crippen molar-refractivity contribution in [2.24, 2.45) is 0 Å². The molecule has 3 aromatic rings. The van der Waals surface area contributed by atoms with Crippen LogP contribution in [0.5, 0.6) is 0 Å². The summed E-state index contributed by atoms with van der Waals surface area (Å²) in [6.07, 6.45) is -5.14. The molecule has 0 atom stereocenters. The third-order valence-corrected chi connectivity index (χ3v) is 4.54. The number of aryl methyl sites for hydroxylation is 1. The lowest BCUT2D eigenvalue weighted by atomic mass is 10.2. The summed E-state index contributed by atoms with van der Waals surface area (Å²) in [6.45, 7) is 0.109. The number of halogens is 4. The first kappa shape index (κ1) is 18.4. The molecule has 136 valence electrons. The summed E-state index contributed by atoms with van der Waals surface area (Å²) in [7, 11) is 0. The predicted molar refractivity (Wildman–Crippen MR) is 94.9 cm³/mol. The SMILES string of the molecule is O=C(Nc1ccc2c(nnn2CCCC(F)(F)F)c1Br)c1ccccc1. The first-order chi connectivity index (χ1) is 12.3. The molecule has 0 bridgehead atoms. The molecule has 1 heterocycles. The Morgan fingerprint density at radius 3 is 2.58 bits per heavy atom. The van der Waals surface area contributed by atoms with Crippen molar-refractivity contribution < 1.29 is 18.0 Å². The van der Waals surface area contributed by atoms with Crippen LogP contribution in [0.1, 0.15) is 23.2 Å². The van der Waals surface area contributed by atoms with Crippen LogP contribution in [0, 0.1) is 0 Å². The molecule has 1 amide bonds. The summed E-state index contributed by atoms with van der Waals surface area (Å²) in [5, 5.41) is 10.7. The van der Waals surface area contributed by atoms with Gasteiger partial charge in [0, 0.05) is 18.5 Å². The molecule has 1 aromatic heterocycles. The van der Waals surface area contributed by atoms with Gasteiger partial charge in [-0.3, -0.25) is 4.79 Å². The van der Waals surface area contributed by atoms with Gasteiger partial charge in [-0.25, -0.2) is 4.68 Å². The number of amides is 1. The third-order valence-electron chi connectivity index (χ3n) is 3.74. The van der Waals surface area contributed by atoms with E-state index in [-0.39, 0.29) is 18.9 Å². The maximum Gasteiger partial charge on any atom is 0.389 e. The lowest BCUT2D eigenvalue weighted by Gasteiger charge is -2.09. The lowest BCUT2D eigenvalue weighted by Crippen LogP contribution is -2.12. The van der Waals surface area contributed by atoms with Gasteiger partial charge in [0.2, 0.25) is 0 Å². The van der Waals surface area contributed by atoms with Crippen LogP contribution in [0.15, 0.2) is 46.9 Å². The van der Waals surface area contributed by atoms with E-state index in [0.717, 1.165) is 0 Å². The van der Waals surface area contributed by atoms with Gasteiger partial charge in [0.1, 0.15) is 5.52 Å². The summed E-state index contributed by atoms with van der Waals surface area (Å²) < 4.78 is 38.8. The zero-order valence-corrected chi connectivity index (χ0v) is 15.0. The molecule has 0 radical (unpaired) electrons. The second-order valence-corrected chi connectivity index (χ2v) is 6.44. The average Bonchev–Trinajstić information content (AvgIpc) is 3.01. The summed E-state index contributed by atoms with van der Waals surface area (Å²) in [5.74, 6) is -0.275. The summed E-state index contributed by atoms with van der Waals surface area (Å²) in [5.41, 5.74) is 2.09. The Hall–Kier alpha value is -2.42. The Balaban J connectivity index is 1.78. The highest BCUT2D eigenvalue weighted by Gasteiger charge is 2.26. The number of hydrogen-bond donors (Lipinski definition) is 1. The molecule has 9 heteroatoms. The quantitative estimate of drug-likeness (QED) is 0.637. The van der Waals surface area contributed by atoms with Gasteiger partial charge in [0.15, 0.2) is 0 Å². The maximum atomic E-state index is 12.3. The number of fused-ring (bicyclic) bond motifs is 1. The maximum absolute atomic E-state index is 12.3. The minimum Gasteiger partial charge on any atom is -0.321 e. The standard InChI is InChI=1S/C17H14BrF3N4O/c18-14-12(22-16(26)11-5-2-1-3-6-11)7-8-13-15(14)23-24-25(13)10-4-9-17(19,20)21/h1-3,5-8H,4,9-10H2,(H,22,26). The van der Waals surface area contributed by atoms with Crippen molar-refractivity contribution in [1.29, 1.82) is 0 Å². The Morgan fingerprint density at radius 1 is 1.15 bits per heavy atom. The number of nitrogens with zero attached hydrogens (tertiary/aromatic N) is 3. The van der Waals surface area contributed by atoms with E-state index in [2.05, 4.69) is 31.6 Å². The van der Waals surface area contributed by atoms with Crippen LogP contribution in [0.3, 0.4) is 0 Å². The highest BCUT2D eigenvalue weighted by Crippen LogP contribution is 2.31. The molecule has 5 nitrogen and oxygen atoms in total. The lowest BCUT2D eigenvalue weighted by molar-refractivity contribution is -0.136. The first-order valence-corrected chi connectivity index (χ1v) is 8.59. The molecule has 0 saturated carbocycles. The number of aromatic nitrogens is 3. The van der Waals surface area contributed by atoms with Crippen molar-refractivity contribution in [3.63, 3.8) is 0 Å². The van der Waals surface area contributed by atoms with Crippen LogP contribution in [0.4, 0.5) is 18.9 Å². The number of alkyl halides is 3. The molecule has 0 fully saturated rings. The van der Waals surface area contributed by atoms with Crippen molar-refractivity contribution in [3.8, 4) is 0 Å². The van der Waals surface area contributed by atoms with Gasteiger partial charge in [0.05, 0.1) is 15.7 Å². The molecule has 0 aliphatic carbocycles. The van der Waals surface area contributed by atoms with Gasteiger partial charge in [0.25, 0.3) is 5.91 Å². The van der Waals surface area contributed by atoms with Gasteiger partial charge >= 0.3 is 6.18 Å². The number of rotatable bonds is 5. The average molecular weight is 427 g/mol. The number of carbonyl (C=O) groups excluding carboxylic acids is 1. The largest absolute Gasteiger partial charge is 0.389 e. The molecular weight excluding hydrogens is 413 g/mol. The molecule has 3 rings (SSSR count). The van der Waals surface area contributed by atoms with Crippen LogP contribution in [0.25, 0.3) is 11.0 Å². The van der Waals surface area contributed by atoms with E-state index in [1.807, 2.05) is 6.07 Å². The van der Waals surface area contributed by atoms with E-state index < -0.39 is 12.6 Å². The van der Waals surface area contributed by atoms with E-state index in [4.69, 9.17) is 0 Å². The van der Waals surface area contributed by atoms with Gasteiger partial charge in [-0.15, -0.1) is 5.10 Å². The van der Waals surface area contributed by atoms with Crippen molar-refractivity contribution in [2.75, 3.05) is 5.32 Å². The second kappa shape index (κ2) is 7.45. The minimum absolute atomic E-state index is 0.0773. The highest BCUT2D eigenvalue weighted by atomic mass is 79.9. The van der Waals surface area contributed by atoms with Crippen LogP contribution in [-0.4, -0.2) is 27.1 Å². The number of benzene rings is 2. The van der Waals surface area contributed by atoms with E-state index >= 15 is 0 Å². The minimum atomic E-state index is -4.19. The number of hydrogen-bond acceptors (Lipinski definition) is 3. The first-order valence-electron chi connectivity index (χ1n) is 7.80. The number of nitrogens with one attached hydrogen (secondary N) is 1. The van der Waals surface area contributed by atoms with E-state index in [9.17, 15) is 18.0 Å². The molecule has 0 aliphatic rings. The van der Waals surface area contributed by atoms with Gasteiger partial charge in [-0.05, 0) is 46.6 Å². The van der Waals surface area contributed by atoms with Crippen LogP contribution in [-0.2, 0) is 6.54 Å². The fourth-order valence-electron chi connectivity index (χ4n) is 2.48. The Labute approximate surface area is 155 Å². The normalized spacial score (nSPS) is 11.7. The molecular formula is C17H14BrF3N4O. The van der Waals surface area contributed by atoms with Crippen molar-refractivity contribution >= 4 is 38.6 Å². The molecule has 0 saturated heterocycles. The van der Waals surface area contributed by atoms with Gasteiger partial charge in [-0.2, -0.15) is 13.2 Å². The van der Waals surface area contributed by atoms with Crippen LogP contribution < -0.4 is 5.32 Å². The molecule has 2 aromatic carbocycles. The highest BCUT2D eigenvalue weighted by molar-refractivity contribution is 9.10. The van der Waals surface area contributed by atoms with E-state index in [1.165, 1.54) is 4.68 Å². The van der Waals surface area contributed by atoms with Crippen LogP contribution >= 0.6 is 15.9 Å². The zero-order chi connectivity index (χ0) is 18.7. The molecule has 0 unspecified atom stereocenters. The summed E-state index contributed by atoms with van der Waals surface area (Å²) >= 11 is 3.39. The Morgan fingerprint density at radius 2 is 1.88 bits per heavy atom. The smallest absolute Gasteiger partial charge is 0.321 e. The number of carbonyl (C=O) groups is 1. The predicted octanol–water partition coefficient (Wildman–Crippen LogP) is 4.79. The Bertz CT molecular complexity index is 925. The fourth-order valence-corrected chi connectivity index (χ4v) is 2.99. The summed E-state index contributed by atoms with van der Waals surface area (Å²) in [4.78, 5) is 12.3. The second-order valence-electron chi connectivity index (χ2n) is 5.65. The van der Waals surface area contributed by atoms with Crippen LogP contribution in [0.2, 0.25) is 0 Å². The Kier molecular flexibility index (Phi) is 5.26. The van der Waals surface area contributed by atoms with Crippen molar-refractivity contribution in [3.05, 3.63) is 52.5 Å². The third kappa shape index (κ3) is 4.21.